The summed E-state index contributed by atoms with van der Waals surface area (Å²) in [5.41, 5.74) is 2.93. The molecule has 2 amide bonds. The van der Waals surface area contributed by atoms with Crippen molar-refractivity contribution in [2.45, 2.75) is 18.8 Å². The lowest BCUT2D eigenvalue weighted by molar-refractivity contribution is -0.126. The van der Waals surface area contributed by atoms with Crippen LogP contribution < -0.4 is 10.2 Å². The van der Waals surface area contributed by atoms with Crippen LogP contribution in [-0.4, -0.2) is 28.1 Å². The monoisotopic (exact) mass is 382 g/mol. The van der Waals surface area contributed by atoms with Gasteiger partial charge in [0.2, 0.25) is 11.8 Å². The highest BCUT2D eigenvalue weighted by Crippen LogP contribution is 2.53. The Hall–Kier alpha value is -3.85. The van der Waals surface area contributed by atoms with Gasteiger partial charge >= 0.3 is 0 Å². The topological polar surface area (TPSA) is 67.2 Å². The number of aryl methyl sites for hydroxylation is 1. The number of hydrogen-bond acceptors (Lipinski definition) is 3. The number of amides is 2. The maximum atomic E-state index is 13.7. The molecule has 2 aliphatic rings. The molecule has 0 fully saturated rings. The lowest BCUT2D eigenvalue weighted by Crippen LogP contribution is -2.46. The molecule has 29 heavy (non-hydrogen) atoms. The van der Waals surface area contributed by atoms with Crippen molar-refractivity contribution in [3.05, 3.63) is 71.4 Å². The Balaban J connectivity index is 1.79. The highest BCUT2D eigenvalue weighted by atomic mass is 16.2. The summed E-state index contributed by atoms with van der Waals surface area (Å²) in [6, 6.07) is 15.3. The minimum absolute atomic E-state index is 0.0246. The third kappa shape index (κ3) is 2.21. The fourth-order valence-electron chi connectivity index (χ4n) is 4.54. The van der Waals surface area contributed by atoms with Crippen LogP contribution in [0.2, 0.25) is 0 Å². The number of para-hydroxylation sites is 2. The number of nitrogens with zero attached hydrogens (tertiary/aromatic N) is 3. The standard InChI is InChI=1S/C23H18N4O2/c1-3-12-26-20-15(2)8-7-11-17(20)23(22(26)29)13-19(28)25-21-18(23)14-24-27(21)16-9-5-4-6-10-16/h1,4-11,14H,12-13H2,2H3,(H,25,28). The summed E-state index contributed by atoms with van der Waals surface area (Å²) < 4.78 is 1.67. The van der Waals surface area contributed by atoms with Crippen molar-refractivity contribution in [2.24, 2.45) is 0 Å². The number of carbonyl (C=O) groups is 2. The van der Waals surface area contributed by atoms with Crippen molar-refractivity contribution in [1.82, 2.24) is 9.78 Å². The van der Waals surface area contributed by atoms with E-state index in [2.05, 4.69) is 16.3 Å². The average molecular weight is 382 g/mol. The van der Waals surface area contributed by atoms with Gasteiger partial charge in [0.25, 0.3) is 0 Å². The predicted molar refractivity (Wildman–Crippen MR) is 110 cm³/mol. The van der Waals surface area contributed by atoms with Gasteiger partial charge in [-0.1, -0.05) is 42.3 Å². The van der Waals surface area contributed by atoms with E-state index in [4.69, 9.17) is 6.42 Å². The molecule has 3 heterocycles. The Morgan fingerprint density at radius 2 is 1.93 bits per heavy atom. The number of rotatable bonds is 2. The van der Waals surface area contributed by atoms with Crippen LogP contribution >= 0.6 is 0 Å². The van der Waals surface area contributed by atoms with Crippen LogP contribution in [0.5, 0.6) is 0 Å². The highest BCUT2D eigenvalue weighted by molar-refractivity contribution is 6.16. The first-order valence-electron chi connectivity index (χ1n) is 9.37. The predicted octanol–water partition coefficient (Wildman–Crippen LogP) is 2.79. The molecular formula is C23H18N4O2. The molecule has 6 nitrogen and oxygen atoms in total. The number of benzene rings is 2. The van der Waals surface area contributed by atoms with E-state index < -0.39 is 5.41 Å². The molecule has 2 aromatic carbocycles. The fourth-order valence-corrected chi connectivity index (χ4v) is 4.54. The van der Waals surface area contributed by atoms with Crippen LogP contribution in [-0.2, 0) is 15.0 Å². The maximum Gasteiger partial charge on any atom is 0.243 e. The first-order valence-corrected chi connectivity index (χ1v) is 9.37. The summed E-state index contributed by atoms with van der Waals surface area (Å²) >= 11 is 0. The van der Waals surface area contributed by atoms with E-state index in [0.717, 1.165) is 22.5 Å². The number of anilines is 2. The van der Waals surface area contributed by atoms with Gasteiger partial charge in [0.1, 0.15) is 11.2 Å². The maximum absolute atomic E-state index is 13.7. The third-order valence-electron chi connectivity index (χ3n) is 5.74. The normalized spacial score (nSPS) is 19.7. The Morgan fingerprint density at radius 3 is 2.69 bits per heavy atom. The fraction of sp³-hybridized carbons (Fsp3) is 0.174. The van der Waals surface area contributed by atoms with Gasteiger partial charge in [-0.3, -0.25) is 14.5 Å². The van der Waals surface area contributed by atoms with Crippen molar-refractivity contribution in [3.63, 3.8) is 0 Å². The van der Waals surface area contributed by atoms with E-state index in [-0.39, 0.29) is 24.8 Å². The zero-order chi connectivity index (χ0) is 20.2. The number of terminal acetylenes is 1. The van der Waals surface area contributed by atoms with E-state index in [9.17, 15) is 9.59 Å². The SMILES string of the molecule is C#CCN1C(=O)C2(CC(=O)Nc3c2cnn3-c2ccccc2)c2cccc(C)c21. The van der Waals surface area contributed by atoms with Gasteiger partial charge in [0.05, 0.1) is 24.1 Å². The van der Waals surface area contributed by atoms with E-state index >= 15 is 0 Å². The van der Waals surface area contributed by atoms with Crippen molar-refractivity contribution in [3.8, 4) is 18.0 Å². The molecule has 2 aliphatic heterocycles. The van der Waals surface area contributed by atoms with Gasteiger partial charge in [0.15, 0.2) is 0 Å². The molecule has 142 valence electrons. The molecular weight excluding hydrogens is 364 g/mol. The summed E-state index contributed by atoms with van der Waals surface area (Å²) in [6.45, 7) is 2.11. The van der Waals surface area contributed by atoms with Crippen LogP contribution in [0.15, 0.2) is 54.7 Å². The zero-order valence-corrected chi connectivity index (χ0v) is 15.8. The molecule has 0 bridgehead atoms. The molecule has 1 unspecified atom stereocenters. The molecule has 1 atom stereocenters. The third-order valence-corrected chi connectivity index (χ3v) is 5.74. The molecule has 5 rings (SSSR count). The second-order valence-corrected chi connectivity index (χ2v) is 7.35. The van der Waals surface area contributed by atoms with Gasteiger partial charge in [0, 0.05) is 12.0 Å². The molecule has 6 heteroatoms. The first kappa shape index (κ1) is 17.3. The molecule has 0 saturated heterocycles. The van der Waals surface area contributed by atoms with Crippen molar-refractivity contribution in [2.75, 3.05) is 16.8 Å². The van der Waals surface area contributed by atoms with Gasteiger partial charge in [-0.2, -0.15) is 5.10 Å². The lowest BCUT2D eigenvalue weighted by Gasteiger charge is -2.32. The van der Waals surface area contributed by atoms with Gasteiger partial charge in [-0.05, 0) is 30.2 Å². The highest BCUT2D eigenvalue weighted by Gasteiger charge is 2.57. The van der Waals surface area contributed by atoms with E-state index in [1.165, 1.54) is 0 Å². The Labute approximate surface area is 168 Å². The summed E-state index contributed by atoms with van der Waals surface area (Å²) in [5, 5.41) is 7.43. The van der Waals surface area contributed by atoms with Gasteiger partial charge in [-0.25, -0.2) is 4.68 Å². The first-order chi connectivity index (χ1) is 14.1. The van der Waals surface area contributed by atoms with Crippen molar-refractivity contribution in [1.29, 1.82) is 0 Å². The molecule has 1 aromatic heterocycles. The van der Waals surface area contributed by atoms with Crippen LogP contribution in [0.1, 0.15) is 23.1 Å². The van der Waals surface area contributed by atoms with E-state index in [0.29, 0.717) is 11.4 Å². The van der Waals surface area contributed by atoms with Crippen molar-refractivity contribution >= 4 is 23.3 Å². The summed E-state index contributed by atoms with van der Waals surface area (Å²) in [4.78, 5) is 28.2. The summed E-state index contributed by atoms with van der Waals surface area (Å²) in [7, 11) is 0. The molecule has 3 aromatic rings. The van der Waals surface area contributed by atoms with Gasteiger partial charge in [-0.15, -0.1) is 6.42 Å². The minimum atomic E-state index is -1.12. The number of nitrogens with one attached hydrogen (secondary N) is 1. The average Bonchev–Trinajstić information content (AvgIpc) is 3.24. The van der Waals surface area contributed by atoms with Gasteiger partial charge < -0.3 is 5.32 Å². The van der Waals surface area contributed by atoms with E-state index in [1.54, 1.807) is 15.8 Å². The number of hydrogen-bond donors (Lipinski definition) is 1. The van der Waals surface area contributed by atoms with Crippen LogP contribution in [0, 0.1) is 19.3 Å². The largest absolute Gasteiger partial charge is 0.310 e. The molecule has 0 aliphatic carbocycles. The summed E-state index contributed by atoms with van der Waals surface area (Å²) in [5.74, 6) is 2.70. The second-order valence-electron chi connectivity index (χ2n) is 7.35. The molecule has 0 saturated carbocycles. The van der Waals surface area contributed by atoms with Crippen LogP contribution in [0.3, 0.4) is 0 Å². The van der Waals surface area contributed by atoms with Crippen molar-refractivity contribution < 1.29 is 9.59 Å². The molecule has 0 radical (unpaired) electrons. The molecule has 1 N–H and O–H groups in total. The van der Waals surface area contributed by atoms with Crippen LogP contribution in [0.4, 0.5) is 11.5 Å². The Morgan fingerprint density at radius 1 is 1.14 bits per heavy atom. The second kappa shape index (κ2) is 6.08. The lowest BCUT2D eigenvalue weighted by atomic mass is 9.71. The Kier molecular flexibility index (Phi) is 3.62. The minimum Gasteiger partial charge on any atom is -0.310 e. The molecule has 1 spiro atoms. The number of aromatic nitrogens is 2. The number of carbonyl (C=O) groups excluding carboxylic acids is 2. The van der Waals surface area contributed by atoms with E-state index in [1.807, 2.05) is 55.5 Å². The summed E-state index contributed by atoms with van der Waals surface area (Å²) in [6.07, 6.45) is 7.27. The zero-order valence-electron chi connectivity index (χ0n) is 15.8. The Bertz CT molecular complexity index is 1210. The number of fused-ring (bicyclic) bond motifs is 4. The quantitative estimate of drug-likeness (QED) is 0.693. The smallest absolute Gasteiger partial charge is 0.243 e. The van der Waals surface area contributed by atoms with Crippen LogP contribution in [0.25, 0.3) is 5.69 Å².